The van der Waals surface area contributed by atoms with Gasteiger partial charge in [-0.2, -0.15) is 0 Å². The van der Waals surface area contributed by atoms with Crippen LogP contribution >= 0.6 is 11.6 Å². The molecule has 0 saturated carbocycles. The van der Waals surface area contributed by atoms with E-state index in [9.17, 15) is 0 Å². The van der Waals surface area contributed by atoms with Crippen molar-refractivity contribution in [1.29, 1.82) is 0 Å². The second-order valence-corrected chi connectivity index (χ2v) is 5.41. The van der Waals surface area contributed by atoms with Crippen LogP contribution in [0.25, 0.3) is 0 Å². The summed E-state index contributed by atoms with van der Waals surface area (Å²) in [5, 5.41) is 4.10. The number of benzene rings is 1. The molecule has 0 unspecified atom stereocenters. The maximum atomic E-state index is 5.98. The first-order chi connectivity index (χ1) is 9.28. The van der Waals surface area contributed by atoms with Crippen molar-refractivity contribution >= 4 is 11.6 Å². The highest BCUT2D eigenvalue weighted by atomic mass is 35.5. The van der Waals surface area contributed by atoms with Gasteiger partial charge in [0.1, 0.15) is 11.9 Å². The second-order valence-electron chi connectivity index (χ2n) is 4.97. The number of rotatable bonds is 6. The predicted molar refractivity (Wildman–Crippen MR) is 80.1 cm³/mol. The molecule has 0 spiro atoms. The first-order valence-corrected chi connectivity index (χ1v) is 7.51. The quantitative estimate of drug-likeness (QED) is 0.812. The summed E-state index contributed by atoms with van der Waals surface area (Å²) in [5.41, 5.74) is 0. The van der Waals surface area contributed by atoms with E-state index in [0.717, 1.165) is 56.3 Å². The number of ether oxygens (including phenoxy) is 1. The van der Waals surface area contributed by atoms with E-state index in [-0.39, 0.29) is 0 Å². The average Bonchev–Trinajstić information content (AvgIpc) is 2.41. The van der Waals surface area contributed by atoms with Gasteiger partial charge in [0.05, 0.1) is 0 Å². The monoisotopic (exact) mass is 282 g/mol. The number of nitrogens with zero attached hydrogens (tertiary/aromatic N) is 1. The molecule has 3 nitrogen and oxygen atoms in total. The molecule has 4 heteroatoms. The largest absolute Gasteiger partial charge is 0.490 e. The lowest BCUT2D eigenvalue weighted by atomic mass is 10.1. The number of hydrogen-bond donors (Lipinski definition) is 1. The highest BCUT2D eigenvalue weighted by molar-refractivity contribution is 6.30. The number of likely N-dealkylation sites (N-methyl/N-ethyl adjacent to an activating group) is 1. The van der Waals surface area contributed by atoms with E-state index in [1.807, 2.05) is 24.3 Å². The third-order valence-corrected chi connectivity index (χ3v) is 3.72. The van der Waals surface area contributed by atoms with Crippen molar-refractivity contribution in [3.63, 3.8) is 0 Å². The number of likely N-dealkylation sites (tertiary alicyclic amines) is 1. The minimum atomic E-state index is 0.328. The molecule has 0 bridgehead atoms. The molecule has 1 aliphatic heterocycles. The molecule has 0 atom stereocenters. The molecule has 1 aromatic rings. The molecule has 106 valence electrons. The Morgan fingerprint density at radius 3 is 2.84 bits per heavy atom. The number of piperidine rings is 1. The van der Waals surface area contributed by atoms with Gasteiger partial charge in [-0.1, -0.05) is 24.6 Å². The molecule has 1 aromatic carbocycles. The van der Waals surface area contributed by atoms with Gasteiger partial charge in [-0.05, 0) is 37.6 Å². The highest BCUT2D eigenvalue weighted by Gasteiger charge is 2.20. The Morgan fingerprint density at radius 2 is 2.16 bits per heavy atom. The van der Waals surface area contributed by atoms with Crippen LogP contribution in [0, 0.1) is 0 Å². The fourth-order valence-electron chi connectivity index (χ4n) is 2.40. The van der Waals surface area contributed by atoms with Crippen LogP contribution in [0.5, 0.6) is 5.75 Å². The Hall–Kier alpha value is -0.770. The van der Waals surface area contributed by atoms with Gasteiger partial charge >= 0.3 is 0 Å². The summed E-state index contributed by atoms with van der Waals surface area (Å²) in [7, 11) is 0. The van der Waals surface area contributed by atoms with E-state index in [1.165, 1.54) is 0 Å². The van der Waals surface area contributed by atoms with E-state index in [1.54, 1.807) is 0 Å². The Kier molecular flexibility index (Phi) is 5.95. The Balaban J connectivity index is 1.71. The Labute approximate surface area is 120 Å². The van der Waals surface area contributed by atoms with Gasteiger partial charge in [-0.15, -0.1) is 0 Å². The maximum Gasteiger partial charge on any atom is 0.121 e. The highest BCUT2D eigenvalue weighted by Crippen LogP contribution is 2.21. The normalized spacial score (nSPS) is 17.6. The maximum absolute atomic E-state index is 5.98. The van der Waals surface area contributed by atoms with Crippen LogP contribution in [0.1, 0.15) is 19.8 Å². The zero-order chi connectivity index (χ0) is 13.5. The molecule has 0 amide bonds. The molecule has 0 aliphatic carbocycles. The standard InChI is InChI=1S/C15H23ClN2O/c1-2-17-8-11-18-9-6-14(7-10-18)19-15-5-3-4-13(16)12-15/h3-5,12,14,17H,2,6-11H2,1H3. The molecule has 1 fully saturated rings. The lowest BCUT2D eigenvalue weighted by Gasteiger charge is -2.32. The van der Waals surface area contributed by atoms with E-state index in [4.69, 9.17) is 16.3 Å². The van der Waals surface area contributed by atoms with Crippen molar-refractivity contribution in [1.82, 2.24) is 10.2 Å². The van der Waals surface area contributed by atoms with Crippen LogP contribution in [0.2, 0.25) is 5.02 Å². The molecule has 19 heavy (non-hydrogen) atoms. The first kappa shape index (κ1) is 14.6. The van der Waals surface area contributed by atoms with E-state index in [0.29, 0.717) is 6.10 Å². The van der Waals surface area contributed by atoms with Gasteiger partial charge in [0.2, 0.25) is 0 Å². The van der Waals surface area contributed by atoms with Crippen LogP contribution in [-0.4, -0.2) is 43.7 Å². The zero-order valence-electron chi connectivity index (χ0n) is 11.6. The number of hydrogen-bond acceptors (Lipinski definition) is 3. The van der Waals surface area contributed by atoms with Crippen molar-refractivity contribution < 1.29 is 4.74 Å². The molecule has 1 aliphatic rings. The summed E-state index contributed by atoms with van der Waals surface area (Å²) in [4.78, 5) is 2.50. The Morgan fingerprint density at radius 1 is 1.37 bits per heavy atom. The molecule has 1 heterocycles. The van der Waals surface area contributed by atoms with Gasteiger partial charge < -0.3 is 15.0 Å². The second kappa shape index (κ2) is 7.73. The van der Waals surface area contributed by atoms with Crippen molar-refractivity contribution in [2.75, 3.05) is 32.7 Å². The summed E-state index contributed by atoms with van der Waals surface area (Å²) >= 11 is 5.96. The van der Waals surface area contributed by atoms with Gasteiger partial charge in [-0.25, -0.2) is 0 Å². The van der Waals surface area contributed by atoms with Gasteiger partial charge in [0.25, 0.3) is 0 Å². The summed E-state index contributed by atoms with van der Waals surface area (Å²) in [6, 6.07) is 7.67. The topological polar surface area (TPSA) is 24.5 Å². The van der Waals surface area contributed by atoms with Crippen LogP contribution in [0.15, 0.2) is 24.3 Å². The van der Waals surface area contributed by atoms with Crippen molar-refractivity contribution in [2.24, 2.45) is 0 Å². The first-order valence-electron chi connectivity index (χ1n) is 7.13. The third kappa shape index (κ3) is 5.01. The van der Waals surface area contributed by atoms with Crippen molar-refractivity contribution in [3.8, 4) is 5.75 Å². The molecule has 0 radical (unpaired) electrons. The molecule has 0 aromatic heterocycles. The van der Waals surface area contributed by atoms with Gasteiger partial charge in [-0.3, -0.25) is 0 Å². The third-order valence-electron chi connectivity index (χ3n) is 3.49. The fraction of sp³-hybridized carbons (Fsp3) is 0.600. The van der Waals surface area contributed by atoms with Crippen LogP contribution in [0.3, 0.4) is 0 Å². The molecule has 2 rings (SSSR count). The van der Waals surface area contributed by atoms with Crippen LogP contribution in [0.4, 0.5) is 0 Å². The minimum absolute atomic E-state index is 0.328. The molecule has 1 saturated heterocycles. The zero-order valence-corrected chi connectivity index (χ0v) is 12.3. The molecular weight excluding hydrogens is 260 g/mol. The van der Waals surface area contributed by atoms with E-state index in [2.05, 4.69) is 17.1 Å². The summed E-state index contributed by atoms with van der Waals surface area (Å²) in [6.07, 6.45) is 2.52. The fourth-order valence-corrected chi connectivity index (χ4v) is 2.58. The lowest BCUT2D eigenvalue weighted by Crippen LogP contribution is -2.41. The smallest absolute Gasteiger partial charge is 0.121 e. The van der Waals surface area contributed by atoms with E-state index < -0.39 is 0 Å². The summed E-state index contributed by atoms with van der Waals surface area (Å²) in [5.74, 6) is 0.888. The van der Waals surface area contributed by atoms with Gasteiger partial charge in [0, 0.05) is 31.2 Å². The van der Waals surface area contributed by atoms with Crippen LogP contribution < -0.4 is 10.1 Å². The minimum Gasteiger partial charge on any atom is -0.490 e. The van der Waals surface area contributed by atoms with E-state index >= 15 is 0 Å². The average molecular weight is 283 g/mol. The Bertz CT molecular complexity index is 378. The summed E-state index contributed by atoms with van der Waals surface area (Å²) in [6.45, 7) is 7.65. The molecule has 1 N–H and O–H groups in total. The van der Waals surface area contributed by atoms with Crippen molar-refractivity contribution in [2.45, 2.75) is 25.9 Å². The van der Waals surface area contributed by atoms with Gasteiger partial charge in [0.15, 0.2) is 0 Å². The number of nitrogens with one attached hydrogen (secondary N) is 1. The summed E-state index contributed by atoms with van der Waals surface area (Å²) < 4.78 is 5.98. The van der Waals surface area contributed by atoms with Crippen molar-refractivity contribution in [3.05, 3.63) is 29.3 Å². The lowest BCUT2D eigenvalue weighted by molar-refractivity contribution is 0.101. The molecular formula is C15H23ClN2O. The van der Waals surface area contributed by atoms with Crippen LogP contribution in [-0.2, 0) is 0 Å². The SMILES string of the molecule is CCNCCN1CCC(Oc2cccc(Cl)c2)CC1. The predicted octanol–water partition coefficient (Wildman–Crippen LogP) is 2.79. The number of halogens is 1.